The molecule has 0 bridgehead atoms. The van der Waals surface area contributed by atoms with Crippen LogP contribution in [0.5, 0.6) is 5.75 Å². The van der Waals surface area contributed by atoms with Gasteiger partial charge in [-0.3, -0.25) is 4.79 Å². The van der Waals surface area contributed by atoms with Crippen LogP contribution in [0.15, 0.2) is 72.8 Å². The normalized spacial score (nSPS) is 11.1. The summed E-state index contributed by atoms with van der Waals surface area (Å²) in [5.74, 6) is 0.552. The van der Waals surface area contributed by atoms with Crippen molar-refractivity contribution in [3.63, 3.8) is 0 Å². The van der Waals surface area contributed by atoms with E-state index in [9.17, 15) is 18.0 Å². The van der Waals surface area contributed by atoms with Gasteiger partial charge in [-0.15, -0.1) is 0 Å². The Hall–Kier alpha value is -3.48. The smallest absolute Gasteiger partial charge is 0.416 e. The van der Waals surface area contributed by atoms with Gasteiger partial charge in [-0.1, -0.05) is 42.5 Å². The Balaban J connectivity index is 1.50. The maximum Gasteiger partial charge on any atom is 0.416 e. The summed E-state index contributed by atoms with van der Waals surface area (Å²) >= 11 is 0. The molecule has 3 aromatic rings. The molecule has 7 heteroatoms. The summed E-state index contributed by atoms with van der Waals surface area (Å²) < 4.78 is 43.7. The van der Waals surface area contributed by atoms with E-state index in [0.29, 0.717) is 12.1 Å². The molecule has 3 rings (SSSR count). The molecule has 0 aromatic heterocycles. The fourth-order valence-corrected chi connectivity index (χ4v) is 3.09. The van der Waals surface area contributed by atoms with Crippen LogP contribution in [0, 0.1) is 0 Å². The summed E-state index contributed by atoms with van der Waals surface area (Å²) in [7, 11) is 1.63. The molecule has 162 valence electrons. The zero-order chi connectivity index (χ0) is 22.3. The van der Waals surface area contributed by atoms with E-state index >= 15 is 0 Å². The van der Waals surface area contributed by atoms with Gasteiger partial charge in [0.15, 0.2) is 0 Å². The lowest BCUT2D eigenvalue weighted by atomic mass is 10.1. The second-order valence-corrected chi connectivity index (χ2v) is 7.01. The van der Waals surface area contributed by atoms with Gasteiger partial charge in [-0.2, -0.15) is 13.2 Å². The zero-order valence-electron chi connectivity index (χ0n) is 17.0. The lowest BCUT2D eigenvalue weighted by Gasteiger charge is -2.11. The van der Waals surface area contributed by atoms with Gasteiger partial charge in [-0.25, -0.2) is 0 Å². The molecule has 0 unspecified atom stereocenters. The number of carbonyl (C=O) groups is 1. The van der Waals surface area contributed by atoms with Crippen LogP contribution in [-0.2, 0) is 30.5 Å². The van der Waals surface area contributed by atoms with Gasteiger partial charge < -0.3 is 15.4 Å². The van der Waals surface area contributed by atoms with Crippen LogP contribution < -0.4 is 15.4 Å². The van der Waals surface area contributed by atoms with Crippen molar-refractivity contribution in [2.45, 2.75) is 25.7 Å². The molecular weight excluding hydrogens is 405 g/mol. The number of halogens is 3. The quantitative estimate of drug-likeness (QED) is 0.520. The molecular formula is C24H23F3N2O2. The Bertz CT molecular complexity index is 1020. The Kier molecular flexibility index (Phi) is 7.18. The highest BCUT2D eigenvalue weighted by atomic mass is 19.4. The average Bonchev–Trinajstić information content (AvgIpc) is 2.77. The molecule has 3 aromatic carbocycles. The minimum Gasteiger partial charge on any atom is -0.496 e. The van der Waals surface area contributed by atoms with Gasteiger partial charge in [0.05, 0.1) is 19.1 Å². The Morgan fingerprint density at radius 1 is 0.903 bits per heavy atom. The SMILES string of the molecule is COc1ccccc1CNc1ccc(CC(=O)NCc2cccc(C(F)(F)F)c2)cc1. The van der Waals surface area contributed by atoms with Gasteiger partial charge in [0, 0.05) is 24.3 Å². The van der Waals surface area contributed by atoms with Crippen molar-refractivity contribution >= 4 is 11.6 Å². The number of para-hydroxylation sites is 1. The van der Waals surface area contributed by atoms with E-state index in [4.69, 9.17) is 4.74 Å². The van der Waals surface area contributed by atoms with Crippen LogP contribution in [0.2, 0.25) is 0 Å². The molecule has 1 amide bonds. The van der Waals surface area contributed by atoms with Crippen LogP contribution in [0.4, 0.5) is 18.9 Å². The van der Waals surface area contributed by atoms with Gasteiger partial charge in [0.2, 0.25) is 5.91 Å². The average molecular weight is 428 g/mol. The third-order valence-corrected chi connectivity index (χ3v) is 4.74. The maximum atomic E-state index is 12.8. The summed E-state index contributed by atoms with van der Waals surface area (Å²) in [6, 6.07) is 20.1. The summed E-state index contributed by atoms with van der Waals surface area (Å²) in [6.07, 6.45) is -4.26. The van der Waals surface area contributed by atoms with Crippen LogP contribution in [-0.4, -0.2) is 13.0 Å². The highest BCUT2D eigenvalue weighted by Crippen LogP contribution is 2.29. The Morgan fingerprint density at radius 3 is 2.35 bits per heavy atom. The summed E-state index contributed by atoms with van der Waals surface area (Å²) in [5.41, 5.74) is 2.42. The molecule has 0 saturated heterocycles. The molecule has 0 saturated carbocycles. The molecule has 2 N–H and O–H groups in total. The monoisotopic (exact) mass is 428 g/mol. The Morgan fingerprint density at radius 2 is 1.65 bits per heavy atom. The molecule has 0 fully saturated rings. The number of hydrogen-bond donors (Lipinski definition) is 2. The first kappa shape index (κ1) is 22.2. The number of alkyl halides is 3. The number of amides is 1. The predicted octanol–water partition coefficient (Wildman–Crippen LogP) is 5.19. The third kappa shape index (κ3) is 6.50. The van der Waals surface area contributed by atoms with E-state index in [1.165, 1.54) is 6.07 Å². The molecule has 0 spiro atoms. The minimum absolute atomic E-state index is 0.0430. The number of methoxy groups -OCH3 is 1. The second kappa shape index (κ2) is 10.0. The van der Waals surface area contributed by atoms with E-state index in [2.05, 4.69) is 10.6 Å². The molecule has 31 heavy (non-hydrogen) atoms. The number of hydrogen-bond acceptors (Lipinski definition) is 3. The predicted molar refractivity (Wildman–Crippen MR) is 114 cm³/mol. The van der Waals surface area contributed by atoms with E-state index in [0.717, 1.165) is 34.7 Å². The lowest BCUT2D eigenvalue weighted by molar-refractivity contribution is -0.137. The van der Waals surface area contributed by atoms with E-state index in [-0.39, 0.29) is 18.9 Å². The van der Waals surface area contributed by atoms with Crippen molar-refractivity contribution in [1.82, 2.24) is 5.32 Å². The van der Waals surface area contributed by atoms with Crippen LogP contribution in [0.25, 0.3) is 0 Å². The van der Waals surface area contributed by atoms with E-state index < -0.39 is 11.7 Å². The number of carbonyl (C=O) groups excluding carboxylic acids is 1. The van der Waals surface area contributed by atoms with Crippen molar-refractivity contribution < 1.29 is 22.7 Å². The molecule has 0 aliphatic heterocycles. The van der Waals surface area contributed by atoms with Crippen LogP contribution >= 0.6 is 0 Å². The summed E-state index contributed by atoms with van der Waals surface area (Å²) in [4.78, 5) is 12.2. The van der Waals surface area contributed by atoms with Gasteiger partial charge in [0.25, 0.3) is 0 Å². The highest BCUT2D eigenvalue weighted by molar-refractivity contribution is 5.78. The minimum atomic E-state index is -4.40. The molecule has 0 heterocycles. The van der Waals surface area contributed by atoms with Crippen molar-refractivity contribution in [2.24, 2.45) is 0 Å². The first-order valence-electron chi connectivity index (χ1n) is 9.72. The highest BCUT2D eigenvalue weighted by Gasteiger charge is 2.30. The summed E-state index contributed by atoms with van der Waals surface area (Å²) in [6.45, 7) is 0.641. The van der Waals surface area contributed by atoms with Gasteiger partial charge in [-0.05, 0) is 41.5 Å². The molecule has 0 aliphatic rings. The fraction of sp³-hybridized carbons (Fsp3) is 0.208. The molecule has 0 radical (unpaired) electrons. The van der Waals surface area contributed by atoms with E-state index in [1.807, 2.05) is 48.5 Å². The van der Waals surface area contributed by atoms with Crippen molar-refractivity contribution in [3.8, 4) is 5.75 Å². The molecule has 0 aliphatic carbocycles. The first-order valence-corrected chi connectivity index (χ1v) is 9.72. The van der Waals surface area contributed by atoms with Crippen molar-refractivity contribution in [2.75, 3.05) is 12.4 Å². The molecule has 4 nitrogen and oxygen atoms in total. The van der Waals surface area contributed by atoms with E-state index in [1.54, 1.807) is 13.2 Å². The van der Waals surface area contributed by atoms with Gasteiger partial charge in [0.1, 0.15) is 5.75 Å². The third-order valence-electron chi connectivity index (χ3n) is 4.74. The summed E-state index contributed by atoms with van der Waals surface area (Å²) in [5, 5.41) is 5.97. The largest absolute Gasteiger partial charge is 0.496 e. The topological polar surface area (TPSA) is 50.4 Å². The fourth-order valence-electron chi connectivity index (χ4n) is 3.09. The zero-order valence-corrected chi connectivity index (χ0v) is 17.0. The van der Waals surface area contributed by atoms with Crippen molar-refractivity contribution in [1.29, 1.82) is 0 Å². The van der Waals surface area contributed by atoms with Crippen LogP contribution in [0.1, 0.15) is 22.3 Å². The van der Waals surface area contributed by atoms with Gasteiger partial charge >= 0.3 is 6.18 Å². The number of ether oxygens (including phenoxy) is 1. The lowest BCUT2D eigenvalue weighted by Crippen LogP contribution is -2.24. The Labute approximate surface area is 179 Å². The number of rotatable bonds is 8. The maximum absolute atomic E-state index is 12.8. The number of anilines is 1. The van der Waals surface area contributed by atoms with Crippen LogP contribution in [0.3, 0.4) is 0 Å². The molecule has 0 atom stereocenters. The van der Waals surface area contributed by atoms with Crippen molar-refractivity contribution in [3.05, 3.63) is 95.1 Å². The second-order valence-electron chi connectivity index (χ2n) is 7.01. The first-order chi connectivity index (χ1) is 14.8. The standard InChI is InChI=1S/C24H23F3N2O2/c1-31-22-8-3-2-6-19(22)16-28-21-11-9-17(10-12-21)14-23(30)29-15-18-5-4-7-20(13-18)24(25,26)27/h2-13,28H,14-16H2,1H3,(H,29,30). The number of nitrogens with one attached hydrogen (secondary N) is 2. The number of benzene rings is 3.